The number of sulfone groups is 1. The third-order valence-corrected chi connectivity index (χ3v) is 7.77. The number of halogens is 1. The molecule has 1 amide bonds. The first-order valence-corrected chi connectivity index (χ1v) is 12.7. The van der Waals surface area contributed by atoms with Crippen molar-refractivity contribution < 1.29 is 17.7 Å². The fourth-order valence-electron chi connectivity index (χ4n) is 3.87. The Kier molecular flexibility index (Phi) is 6.40. The molecule has 1 aliphatic heterocycles. The van der Waals surface area contributed by atoms with E-state index in [2.05, 4.69) is 19.0 Å². The zero-order valence-corrected chi connectivity index (χ0v) is 19.6. The lowest BCUT2D eigenvalue weighted by atomic mass is 10.0. The fraction of sp³-hybridized carbons (Fsp3) is 0.333. The maximum atomic E-state index is 13.4. The van der Waals surface area contributed by atoms with Crippen LogP contribution in [-0.2, 0) is 16.4 Å². The van der Waals surface area contributed by atoms with Crippen LogP contribution in [0.1, 0.15) is 47.8 Å². The molecule has 6 nitrogen and oxygen atoms in total. The second-order valence-electron chi connectivity index (χ2n) is 8.47. The second-order valence-corrected chi connectivity index (χ2v) is 11.1. The average Bonchev–Trinajstić information content (AvgIpc) is 3.39. The van der Waals surface area contributed by atoms with Gasteiger partial charge in [-0.3, -0.25) is 4.79 Å². The lowest BCUT2D eigenvalue weighted by Crippen LogP contribution is -2.40. The average molecular weight is 473 g/mol. The highest BCUT2D eigenvalue weighted by atomic mass is 35.5. The minimum absolute atomic E-state index is 0.0370. The molecule has 2 heterocycles. The summed E-state index contributed by atoms with van der Waals surface area (Å²) in [6, 6.07) is 16.3. The van der Waals surface area contributed by atoms with E-state index >= 15 is 0 Å². The number of carbonyl (C=O) groups excluding carboxylic acids is 1. The van der Waals surface area contributed by atoms with Crippen LogP contribution >= 0.6 is 11.6 Å². The van der Waals surface area contributed by atoms with Crippen molar-refractivity contribution in [1.29, 1.82) is 0 Å². The number of aromatic nitrogens is 1. The van der Waals surface area contributed by atoms with Gasteiger partial charge in [-0.1, -0.05) is 54.9 Å². The molecular formula is C24H25ClN2O4S. The summed E-state index contributed by atoms with van der Waals surface area (Å²) in [6.07, 6.45) is 0.417. The Morgan fingerprint density at radius 3 is 2.44 bits per heavy atom. The highest BCUT2D eigenvalue weighted by Gasteiger charge is 2.36. The van der Waals surface area contributed by atoms with E-state index in [9.17, 15) is 13.2 Å². The first-order chi connectivity index (χ1) is 15.2. The fourth-order valence-corrected chi connectivity index (χ4v) is 5.72. The smallest absolute Gasteiger partial charge is 0.276 e. The molecule has 0 aliphatic carbocycles. The van der Waals surface area contributed by atoms with Crippen molar-refractivity contribution in [2.75, 3.05) is 11.5 Å². The Morgan fingerprint density at radius 2 is 1.84 bits per heavy atom. The summed E-state index contributed by atoms with van der Waals surface area (Å²) < 4.78 is 29.6. The molecule has 32 heavy (non-hydrogen) atoms. The Morgan fingerprint density at radius 1 is 1.16 bits per heavy atom. The monoisotopic (exact) mass is 472 g/mol. The van der Waals surface area contributed by atoms with Crippen LogP contribution in [0.15, 0.2) is 59.1 Å². The maximum Gasteiger partial charge on any atom is 0.276 e. The van der Waals surface area contributed by atoms with Gasteiger partial charge in [-0.25, -0.2) is 8.42 Å². The molecule has 0 saturated carbocycles. The molecule has 0 radical (unpaired) electrons. The van der Waals surface area contributed by atoms with Crippen LogP contribution in [0.25, 0.3) is 11.3 Å². The van der Waals surface area contributed by atoms with E-state index in [-0.39, 0.29) is 23.1 Å². The van der Waals surface area contributed by atoms with Crippen LogP contribution in [0, 0.1) is 0 Å². The van der Waals surface area contributed by atoms with Crippen LogP contribution in [0.4, 0.5) is 0 Å². The van der Waals surface area contributed by atoms with Crippen molar-refractivity contribution in [3.05, 3.63) is 76.4 Å². The van der Waals surface area contributed by atoms with Crippen LogP contribution in [0.3, 0.4) is 0 Å². The normalized spacial score (nSPS) is 17.6. The number of hydrogen-bond acceptors (Lipinski definition) is 5. The number of benzene rings is 2. The summed E-state index contributed by atoms with van der Waals surface area (Å²) in [4.78, 5) is 15.0. The van der Waals surface area contributed by atoms with Gasteiger partial charge < -0.3 is 9.42 Å². The summed E-state index contributed by atoms with van der Waals surface area (Å²) in [5.74, 6) is 0.560. The van der Waals surface area contributed by atoms with Gasteiger partial charge in [-0.05, 0) is 47.7 Å². The predicted octanol–water partition coefficient (Wildman–Crippen LogP) is 4.95. The number of nitrogens with zero attached hydrogens (tertiary/aromatic N) is 2. The molecule has 0 N–H and O–H groups in total. The van der Waals surface area contributed by atoms with Crippen LogP contribution in [0.5, 0.6) is 0 Å². The molecule has 1 atom stereocenters. The van der Waals surface area contributed by atoms with E-state index in [1.165, 1.54) is 5.56 Å². The minimum atomic E-state index is -3.16. The van der Waals surface area contributed by atoms with E-state index in [0.29, 0.717) is 29.7 Å². The van der Waals surface area contributed by atoms with Crippen molar-refractivity contribution in [3.8, 4) is 11.3 Å². The van der Waals surface area contributed by atoms with Crippen molar-refractivity contribution in [3.63, 3.8) is 0 Å². The highest BCUT2D eigenvalue weighted by molar-refractivity contribution is 7.91. The third kappa shape index (κ3) is 5.05. The Balaban J connectivity index is 1.60. The summed E-state index contributed by atoms with van der Waals surface area (Å²) in [5, 5.41) is 4.57. The van der Waals surface area contributed by atoms with Gasteiger partial charge in [0.2, 0.25) is 0 Å². The van der Waals surface area contributed by atoms with Gasteiger partial charge in [0.05, 0.1) is 11.5 Å². The standard InChI is InChI=1S/C24H25ClN2O4S/c1-16(2)18-5-3-17(4-6-18)14-27(21-11-12-32(29,30)15-21)24(28)22-13-23(31-26-22)19-7-9-20(25)10-8-19/h3-10,13,16,21H,11-12,14-15H2,1-2H3. The maximum absolute atomic E-state index is 13.4. The Labute approximate surface area is 193 Å². The lowest BCUT2D eigenvalue weighted by Gasteiger charge is -2.27. The van der Waals surface area contributed by atoms with Gasteiger partial charge in [-0.2, -0.15) is 0 Å². The topological polar surface area (TPSA) is 80.5 Å². The first-order valence-electron chi connectivity index (χ1n) is 10.5. The third-order valence-electron chi connectivity index (χ3n) is 5.77. The van der Waals surface area contributed by atoms with Crippen molar-refractivity contribution >= 4 is 27.3 Å². The highest BCUT2D eigenvalue weighted by Crippen LogP contribution is 2.26. The van der Waals surface area contributed by atoms with Gasteiger partial charge in [-0.15, -0.1) is 0 Å². The quantitative estimate of drug-likeness (QED) is 0.507. The van der Waals surface area contributed by atoms with E-state index in [0.717, 1.165) is 11.1 Å². The summed E-state index contributed by atoms with van der Waals surface area (Å²) >= 11 is 5.94. The Bertz CT molecular complexity index is 1200. The molecule has 1 aliphatic rings. The molecule has 168 valence electrons. The molecule has 0 bridgehead atoms. The van der Waals surface area contributed by atoms with Crippen molar-refractivity contribution in [2.45, 2.75) is 38.8 Å². The molecule has 4 rings (SSSR count). The molecule has 1 fully saturated rings. The van der Waals surface area contributed by atoms with Gasteiger partial charge in [0.1, 0.15) is 0 Å². The number of hydrogen-bond donors (Lipinski definition) is 0. The Hall–Kier alpha value is -2.64. The summed E-state index contributed by atoms with van der Waals surface area (Å²) in [5.41, 5.74) is 3.05. The van der Waals surface area contributed by atoms with Gasteiger partial charge in [0, 0.05) is 29.2 Å². The van der Waals surface area contributed by atoms with Gasteiger partial charge >= 0.3 is 0 Å². The molecule has 3 aromatic rings. The molecule has 1 aromatic heterocycles. The molecule has 2 aromatic carbocycles. The predicted molar refractivity (Wildman–Crippen MR) is 124 cm³/mol. The lowest BCUT2D eigenvalue weighted by molar-refractivity contribution is 0.0670. The molecule has 8 heteroatoms. The molecule has 1 unspecified atom stereocenters. The zero-order chi connectivity index (χ0) is 22.9. The van der Waals surface area contributed by atoms with Crippen LogP contribution in [-0.4, -0.2) is 41.9 Å². The van der Waals surface area contributed by atoms with Gasteiger partial charge in [0.15, 0.2) is 21.3 Å². The van der Waals surface area contributed by atoms with E-state index in [4.69, 9.17) is 16.1 Å². The van der Waals surface area contributed by atoms with Crippen molar-refractivity contribution in [2.24, 2.45) is 0 Å². The number of rotatable bonds is 6. The van der Waals surface area contributed by atoms with E-state index in [1.54, 1.807) is 35.2 Å². The largest absolute Gasteiger partial charge is 0.355 e. The summed E-state index contributed by atoms with van der Waals surface area (Å²) in [6.45, 7) is 4.55. The van der Waals surface area contributed by atoms with Crippen LogP contribution in [0.2, 0.25) is 5.02 Å². The minimum Gasteiger partial charge on any atom is -0.355 e. The number of amides is 1. The number of carbonyl (C=O) groups is 1. The van der Waals surface area contributed by atoms with E-state index < -0.39 is 15.9 Å². The molecule has 1 saturated heterocycles. The molecule has 0 spiro atoms. The molecular weight excluding hydrogens is 448 g/mol. The first kappa shape index (κ1) is 22.6. The summed E-state index contributed by atoms with van der Waals surface area (Å²) in [7, 11) is -3.16. The van der Waals surface area contributed by atoms with E-state index in [1.807, 2.05) is 24.3 Å². The zero-order valence-electron chi connectivity index (χ0n) is 18.0. The SMILES string of the molecule is CC(C)c1ccc(CN(C(=O)c2cc(-c3ccc(Cl)cc3)on2)C2CCS(=O)(=O)C2)cc1. The van der Waals surface area contributed by atoms with Gasteiger partial charge in [0.25, 0.3) is 5.91 Å². The van der Waals surface area contributed by atoms with Crippen molar-refractivity contribution in [1.82, 2.24) is 10.1 Å². The second kappa shape index (κ2) is 9.08. The van der Waals surface area contributed by atoms with Crippen LogP contribution < -0.4 is 0 Å².